The van der Waals surface area contributed by atoms with Crippen molar-refractivity contribution in [2.24, 2.45) is 0 Å². The highest BCUT2D eigenvalue weighted by molar-refractivity contribution is 6.01. The first-order chi connectivity index (χ1) is 19.9. The average molecular weight is 594 g/mol. The van der Waals surface area contributed by atoms with Crippen molar-refractivity contribution in [2.45, 2.75) is 87.5 Å². The van der Waals surface area contributed by atoms with Crippen molar-refractivity contribution >= 4 is 17.6 Å². The molecule has 3 fully saturated rings. The molecule has 1 saturated heterocycles. The number of nitriles is 1. The average Bonchev–Trinajstić information content (AvgIpc) is 3.68. The Kier molecular flexibility index (Phi) is 8.09. The van der Waals surface area contributed by atoms with Gasteiger partial charge in [0.05, 0.1) is 17.3 Å². The number of hydrogen-bond acceptors (Lipinski definition) is 4. The van der Waals surface area contributed by atoms with E-state index >= 15 is 4.39 Å². The Morgan fingerprint density at radius 2 is 1.83 bits per heavy atom. The number of nitrogens with zero attached hydrogens (tertiary/aromatic N) is 4. The number of urea groups is 1. The van der Waals surface area contributed by atoms with Crippen LogP contribution < -0.4 is 10.2 Å². The van der Waals surface area contributed by atoms with Gasteiger partial charge >= 0.3 is 12.2 Å². The van der Waals surface area contributed by atoms with E-state index in [1.807, 2.05) is 6.07 Å². The topological polar surface area (TPSA) is 89.3 Å². The number of amides is 3. The van der Waals surface area contributed by atoms with E-state index < -0.39 is 77.6 Å². The molecule has 2 atom stereocenters. The highest BCUT2D eigenvalue weighted by Gasteiger charge is 2.45. The first kappa shape index (κ1) is 29.7. The van der Waals surface area contributed by atoms with Gasteiger partial charge < -0.3 is 10.2 Å². The van der Waals surface area contributed by atoms with Crippen molar-refractivity contribution in [3.8, 4) is 6.07 Å². The van der Waals surface area contributed by atoms with Gasteiger partial charge in [0.1, 0.15) is 17.9 Å². The molecule has 1 aromatic heterocycles. The molecule has 7 nitrogen and oxygen atoms in total. The minimum atomic E-state index is -4.98. The second kappa shape index (κ2) is 11.5. The van der Waals surface area contributed by atoms with Gasteiger partial charge in [0, 0.05) is 43.4 Å². The van der Waals surface area contributed by atoms with Crippen LogP contribution in [0.4, 0.5) is 36.8 Å². The summed E-state index contributed by atoms with van der Waals surface area (Å²) in [5.74, 6) is -4.83. The fraction of sp³-hybridized carbons (Fsp3) is 0.517. The Morgan fingerprint density at radius 3 is 2.45 bits per heavy atom. The van der Waals surface area contributed by atoms with Gasteiger partial charge in [-0.3, -0.25) is 14.7 Å². The van der Waals surface area contributed by atoms with Crippen LogP contribution in [0.1, 0.15) is 80.0 Å². The molecule has 0 bridgehead atoms. The highest BCUT2D eigenvalue weighted by Crippen LogP contribution is 2.43. The Hall–Kier alpha value is -3.82. The number of likely N-dealkylation sites (tertiary alicyclic amines) is 1. The van der Waals surface area contributed by atoms with Crippen LogP contribution in [0.15, 0.2) is 36.7 Å². The van der Waals surface area contributed by atoms with Crippen LogP contribution >= 0.6 is 0 Å². The summed E-state index contributed by atoms with van der Waals surface area (Å²) in [6, 6.07) is 1.82. The van der Waals surface area contributed by atoms with E-state index in [0.717, 1.165) is 30.1 Å². The maximum atomic E-state index is 15.8. The number of halogens is 6. The maximum Gasteiger partial charge on any atom is 0.416 e. The third kappa shape index (κ3) is 6.17. The van der Waals surface area contributed by atoms with Gasteiger partial charge in [-0.25, -0.2) is 18.0 Å². The van der Waals surface area contributed by atoms with Crippen LogP contribution in [-0.2, 0) is 11.0 Å². The van der Waals surface area contributed by atoms with E-state index in [2.05, 4.69) is 10.3 Å². The molecule has 1 unspecified atom stereocenters. The normalized spacial score (nSPS) is 21.5. The van der Waals surface area contributed by atoms with Gasteiger partial charge in [-0.05, 0) is 68.2 Å². The highest BCUT2D eigenvalue weighted by atomic mass is 19.4. The van der Waals surface area contributed by atoms with E-state index in [1.54, 1.807) is 6.07 Å². The molecule has 3 aliphatic rings. The lowest BCUT2D eigenvalue weighted by Gasteiger charge is -2.37. The van der Waals surface area contributed by atoms with Crippen LogP contribution in [0, 0.1) is 17.1 Å². The summed E-state index contributed by atoms with van der Waals surface area (Å²) < 4.78 is 86.1. The molecular formula is C29H29F6N5O2. The minimum Gasteiger partial charge on any atom is -0.351 e. The van der Waals surface area contributed by atoms with E-state index in [0.29, 0.717) is 29.4 Å². The fourth-order valence-electron chi connectivity index (χ4n) is 5.75. The number of aromatic nitrogens is 1. The molecule has 0 radical (unpaired) electrons. The summed E-state index contributed by atoms with van der Waals surface area (Å²) in [6.45, 7) is 0.0700. The molecule has 2 aromatic rings. The van der Waals surface area contributed by atoms with Crippen molar-refractivity contribution in [3.05, 3.63) is 59.2 Å². The zero-order chi connectivity index (χ0) is 30.2. The molecule has 2 saturated carbocycles. The van der Waals surface area contributed by atoms with E-state index in [4.69, 9.17) is 0 Å². The summed E-state index contributed by atoms with van der Waals surface area (Å²) in [5, 5.41) is 12.2. The molecule has 1 aromatic carbocycles. The van der Waals surface area contributed by atoms with Crippen molar-refractivity contribution in [1.82, 2.24) is 15.2 Å². The van der Waals surface area contributed by atoms with Gasteiger partial charge in [-0.2, -0.15) is 18.4 Å². The Morgan fingerprint density at radius 1 is 1.12 bits per heavy atom. The second-order valence-electron chi connectivity index (χ2n) is 11.1. The monoisotopic (exact) mass is 593 g/mol. The summed E-state index contributed by atoms with van der Waals surface area (Å²) in [7, 11) is 0. The Bertz CT molecular complexity index is 1380. The van der Waals surface area contributed by atoms with E-state index in [1.165, 1.54) is 12.1 Å². The van der Waals surface area contributed by atoms with Crippen LogP contribution in [0.3, 0.4) is 0 Å². The molecule has 2 aliphatic carbocycles. The molecule has 3 amide bonds. The molecule has 1 aliphatic heterocycles. The molecule has 224 valence electrons. The largest absolute Gasteiger partial charge is 0.416 e. The molecule has 5 rings (SSSR count). The predicted octanol–water partition coefficient (Wildman–Crippen LogP) is 6.47. The van der Waals surface area contributed by atoms with Crippen molar-refractivity contribution < 1.29 is 35.9 Å². The zero-order valence-corrected chi connectivity index (χ0v) is 22.5. The van der Waals surface area contributed by atoms with Gasteiger partial charge in [-0.15, -0.1) is 0 Å². The first-order valence-electron chi connectivity index (χ1n) is 13.9. The molecule has 0 spiro atoms. The number of carbonyl (C=O) groups excluding carboxylic acids is 2. The van der Waals surface area contributed by atoms with Crippen LogP contribution in [0.25, 0.3) is 0 Å². The zero-order valence-electron chi connectivity index (χ0n) is 22.5. The molecule has 2 heterocycles. The van der Waals surface area contributed by atoms with Gasteiger partial charge in [0.2, 0.25) is 11.8 Å². The summed E-state index contributed by atoms with van der Waals surface area (Å²) in [5.41, 5.74) is -1.77. The number of anilines is 1. The fourth-order valence-corrected chi connectivity index (χ4v) is 5.75. The third-order valence-electron chi connectivity index (χ3n) is 8.16. The van der Waals surface area contributed by atoms with Gasteiger partial charge in [-0.1, -0.05) is 6.07 Å². The quantitative estimate of drug-likeness (QED) is 0.389. The van der Waals surface area contributed by atoms with Crippen molar-refractivity contribution in [3.63, 3.8) is 0 Å². The number of pyridine rings is 1. The van der Waals surface area contributed by atoms with Gasteiger partial charge in [0.15, 0.2) is 0 Å². The second-order valence-corrected chi connectivity index (χ2v) is 11.1. The van der Waals surface area contributed by atoms with Crippen LogP contribution in [0.5, 0.6) is 0 Å². The minimum absolute atomic E-state index is 0.0700. The SMILES string of the molecule is N#C[C@@H]1CCCN1C(=O)N(c1ccc(C2CC2)cc1F)C(C(=O)NC1CCC(F)(F)CC1)c1cnccc1C(F)(F)F. The van der Waals surface area contributed by atoms with Crippen molar-refractivity contribution in [1.29, 1.82) is 5.26 Å². The number of benzene rings is 1. The number of alkyl halides is 5. The number of carbonyl (C=O) groups is 2. The van der Waals surface area contributed by atoms with Crippen molar-refractivity contribution in [2.75, 3.05) is 11.4 Å². The molecule has 1 N–H and O–H groups in total. The standard InChI is InChI=1S/C29H29F6N5O2/c30-23-14-18(17-3-4-17)5-6-24(23)40(27(42)39-13-1-2-20(39)15-36)25(21-16-37-12-9-22(21)29(33,34)35)26(41)38-19-7-10-28(31,32)11-8-19/h5-6,9,12,14,16-17,19-20,25H,1-4,7-8,10-11,13H2,(H,38,41)/t20-,25?/m0/s1. The lowest BCUT2D eigenvalue weighted by atomic mass is 9.91. The smallest absolute Gasteiger partial charge is 0.351 e. The first-order valence-corrected chi connectivity index (χ1v) is 13.9. The number of nitrogens with one attached hydrogen (secondary N) is 1. The van der Waals surface area contributed by atoms with Gasteiger partial charge in [0.25, 0.3) is 0 Å². The van der Waals surface area contributed by atoms with E-state index in [9.17, 15) is 36.8 Å². The Balaban J connectivity index is 1.63. The molecule has 13 heteroatoms. The Labute approximate surface area is 238 Å². The lowest BCUT2D eigenvalue weighted by molar-refractivity contribution is -0.138. The summed E-state index contributed by atoms with van der Waals surface area (Å²) in [4.78, 5) is 33.6. The third-order valence-corrected chi connectivity index (χ3v) is 8.16. The lowest BCUT2D eigenvalue weighted by Crippen LogP contribution is -2.53. The van der Waals surface area contributed by atoms with Crippen LogP contribution in [-0.4, -0.2) is 46.4 Å². The predicted molar refractivity (Wildman–Crippen MR) is 139 cm³/mol. The summed E-state index contributed by atoms with van der Waals surface area (Å²) >= 11 is 0. The molecular weight excluding hydrogens is 564 g/mol. The number of rotatable bonds is 6. The number of hydrogen-bond donors (Lipinski definition) is 1. The summed E-state index contributed by atoms with van der Waals surface area (Å²) in [6.07, 6.45) is -2.21. The maximum absolute atomic E-state index is 15.8. The molecule has 42 heavy (non-hydrogen) atoms. The van der Waals surface area contributed by atoms with Crippen LogP contribution in [0.2, 0.25) is 0 Å². The van der Waals surface area contributed by atoms with E-state index in [-0.39, 0.29) is 25.3 Å².